The van der Waals surface area contributed by atoms with Crippen LogP contribution in [0.15, 0.2) is 76.7 Å². The highest BCUT2D eigenvalue weighted by atomic mass is 127. The van der Waals surface area contributed by atoms with Gasteiger partial charge in [-0.15, -0.1) is 0 Å². The lowest BCUT2D eigenvalue weighted by molar-refractivity contribution is 0.585. The molecule has 7 heteroatoms. The van der Waals surface area contributed by atoms with E-state index in [0.29, 0.717) is 0 Å². The number of aryl methyl sites for hydroxylation is 2. The summed E-state index contributed by atoms with van der Waals surface area (Å²) in [7, 11) is -3.76. The van der Waals surface area contributed by atoms with Gasteiger partial charge in [-0.2, -0.15) is 13.5 Å². The standard InChI is InChI=1S/C24H22IN3O2S/c1-16-12-22(9-11-24(16)25)28-17(2)13-21(18(28)3)15-26-27-31(29,30)23-10-8-19-6-4-5-7-20(19)14-23/h4-15,27H,1-3H3/b26-15-. The molecule has 0 aliphatic carbocycles. The van der Waals surface area contributed by atoms with Crippen molar-refractivity contribution in [2.24, 2.45) is 5.10 Å². The molecule has 0 unspecified atom stereocenters. The van der Waals surface area contributed by atoms with Crippen molar-refractivity contribution in [2.75, 3.05) is 0 Å². The Morgan fingerprint density at radius 1 is 0.935 bits per heavy atom. The van der Waals surface area contributed by atoms with Gasteiger partial charge in [0.1, 0.15) is 0 Å². The van der Waals surface area contributed by atoms with Gasteiger partial charge in [-0.3, -0.25) is 0 Å². The van der Waals surface area contributed by atoms with Crippen molar-refractivity contribution in [1.82, 2.24) is 9.40 Å². The van der Waals surface area contributed by atoms with Crippen LogP contribution in [0.25, 0.3) is 16.5 Å². The van der Waals surface area contributed by atoms with E-state index in [1.54, 1.807) is 24.4 Å². The molecule has 1 N–H and O–H groups in total. The number of aromatic nitrogens is 1. The normalized spacial score (nSPS) is 12.0. The van der Waals surface area contributed by atoms with Crippen LogP contribution in [0.1, 0.15) is 22.5 Å². The fraction of sp³-hybridized carbons (Fsp3) is 0.125. The van der Waals surface area contributed by atoms with Crippen LogP contribution in [0.3, 0.4) is 0 Å². The van der Waals surface area contributed by atoms with Crippen LogP contribution in [0.4, 0.5) is 0 Å². The number of nitrogens with zero attached hydrogens (tertiary/aromatic N) is 2. The second-order valence-corrected chi connectivity index (χ2v) is 10.3. The van der Waals surface area contributed by atoms with E-state index in [4.69, 9.17) is 0 Å². The fourth-order valence-corrected chi connectivity index (χ4v) is 4.80. The largest absolute Gasteiger partial charge is 0.318 e. The van der Waals surface area contributed by atoms with E-state index in [0.717, 1.165) is 33.4 Å². The molecule has 0 saturated carbocycles. The molecule has 0 spiro atoms. The molecule has 4 rings (SSSR count). The molecule has 3 aromatic carbocycles. The molecule has 158 valence electrons. The summed E-state index contributed by atoms with van der Waals surface area (Å²) in [6, 6.07) is 21.0. The Bertz CT molecular complexity index is 1420. The summed E-state index contributed by atoms with van der Waals surface area (Å²) >= 11 is 2.32. The van der Waals surface area contributed by atoms with Gasteiger partial charge in [-0.05, 0) is 96.1 Å². The van der Waals surface area contributed by atoms with E-state index in [-0.39, 0.29) is 4.90 Å². The van der Waals surface area contributed by atoms with E-state index in [9.17, 15) is 8.42 Å². The Hall–Kier alpha value is -2.65. The molecular weight excluding hydrogens is 521 g/mol. The third kappa shape index (κ3) is 4.38. The van der Waals surface area contributed by atoms with Crippen LogP contribution in [0, 0.1) is 24.3 Å². The quantitative estimate of drug-likeness (QED) is 0.206. The molecule has 0 atom stereocenters. The Morgan fingerprint density at radius 2 is 1.68 bits per heavy atom. The monoisotopic (exact) mass is 543 g/mol. The average Bonchev–Trinajstić information content (AvgIpc) is 3.03. The van der Waals surface area contributed by atoms with Gasteiger partial charge in [0.15, 0.2) is 0 Å². The Labute approximate surface area is 196 Å². The number of halogens is 1. The maximum atomic E-state index is 12.7. The van der Waals surface area contributed by atoms with Crippen molar-refractivity contribution in [1.29, 1.82) is 0 Å². The molecule has 5 nitrogen and oxygen atoms in total. The topological polar surface area (TPSA) is 63.5 Å². The number of fused-ring (bicyclic) bond motifs is 1. The number of benzene rings is 3. The third-order valence-corrected chi connectivity index (χ3v) is 7.71. The summed E-state index contributed by atoms with van der Waals surface area (Å²) < 4.78 is 28.7. The number of hydrogen-bond acceptors (Lipinski definition) is 3. The minimum Gasteiger partial charge on any atom is -0.318 e. The van der Waals surface area contributed by atoms with Gasteiger partial charge in [-0.25, -0.2) is 4.83 Å². The summed E-state index contributed by atoms with van der Waals surface area (Å²) in [6.07, 6.45) is 1.55. The minimum atomic E-state index is -3.76. The molecule has 0 aliphatic rings. The smallest absolute Gasteiger partial charge is 0.276 e. The van der Waals surface area contributed by atoms with Crippen LogP contribution < -0.4 is 4.83 Å². The number of hydrogen-bond donors (Lipinski definition) is 1. The van der Waals surface area contributed by atoms with Crippen molar-refractivity contribution >= 4 is 49.6 Å². The molecule has 1 heterocycles. The van der Waals surface area contributed by atoms with Gasteiger partial charge in [0.2, 0.25) is 0 Å². The molecular formula is C24H22IN3O2S. The lowest BCUT2D eigenvalue weighted by Gasteiger charge is -2.11. The summed E-state index contributed by atoms with van der Waals surface area (Å²) in [5.41, 5.74) is 5.19. The SMILES string of the molecule is Cc1cc(-n2c(C)cc(/C=N\NS(=O)(=O)c3ccc4ccccc4c3)c2C)ccc1I. The van der Waals surface area contributed by atoms with Gasteiger partial charge in [0, 0.05) is 26.2 Å². The van der Waals surface area contributed by atoms with Gasteiger partial charge >= 0.3 is 0 Å². The van der Waals surface area contributed by atoms with Crippen molar-refractivity contribution < 1.29 is 8.42 Å². The number of sulfonamides is 1. The Morgan fingerprint density at radius 3 is 2.42 bits per heavy atom. The van der Waals surface area contributed by atoms with Gasteiger partial charge in [0.25, 0.3) is 10.0 Å². The molecule has 0 fully saturated rings. The molecule has 0 radical (unpaired) electrons. The lowest BCUT2D eigenvalue weighted by Crippen LogP contribution is -2.18. The number of nitrogens with one attached hydrogen (secondary N) is 1. The highest BCUT2D eigenvalue weighted by Crippen LogP contribution is 2.23. The average molecular weight is 543 g/mol. The second-order valence-electron chi connectivity index (χ2n) is 7.46. The van der Waals surface area contributed by atoms with Gasteiger partial charge < -0.3 is 4.57 Å². The molecule has 1 aromatic heterocycles. The van der Waals surface area contributed by atoms with Crippen LogP contribution in [-0.2, 0) is 10.0 Å². The summed E-state index contributed by atoms with van der Waals surface area (Å²) in [6.45, 7) is 6.11. The van der Waals surface area contributed by atoms with E-state index in [1.165, 1.54) is 9.13 Å². The third-order valence-electron chi connectivity index (χ3n) is 5.28. The van der Waals surface area contributed by atoms with Gasteiger partial charge in [-0.1, -0.05) is 30.3 Å². The van der Waals surface area contributed by atoms with Crippen LogP contribution in [-0.4, -0.2) is 19.2 Å². The Balaban J connectivity index is 1.59. The highest BCUT2D eigenvalue weighted by molar-refractivity contribution is 14.1. The van der Waals surface area contributed by atoms with E-state index in [1.807, 2.05) is 44.2 Å². The number of hydrazone groups is 1. The molecule has 4 aromatic rings. The predicted octanol–water partition coefficient (Wildman–Crippen LogP) is 5.47. The van der Waals surface area contributed by atoms with Crippen molar-refractivity contribution in [2.45, 2.75) is 25.7 Å². The fourth-order valence-electron chi connectivity index (χ4n) is 3.64. The first-order valence-electron chi connectivity index (χ1n) is 9.75. The van der Waals surface area contributed by atoms with Crippen LogP contribution in [0.2, 0.25) is 0 Å². The summed E-state index contributed by atoms with van der Waals surface area (Å²) in [5.74, 6) is 0. The summed E-state index contributed by atoms with van der Waals surface area (Å²) in [5, 5.41) is 5.89. The summed E-state index contributed by atoms with van der Waals surface area (Å²) in [4.78, 5) is 2.52. The number of rotatable bonds is 5. The van der Waals surface area contributed by atoms with Crippen molar-refractivity contribution in [3.63, 3.8) is 0 Å². The van der Waals surface area contributed by atoms with Crippen molar-refractivity contribution in [3.8, 4) is 5.69 Å². The minimum absolute atomic E-state index is 0.184. The molecule has 0 amide bonds. The predicted molar refractivity (Wildman–Crippen MR) is 135 cm³/mol. The zero-order valence-corrected chi connectivity index (χ0v) is 20.4. The first kappa shape index (κ1) is 21.6. The van der Waals surface area contributed by atoms with E-state index < -0.39 is 10.0 Å². The molecule has 31 heavy (non-hydrogen) atoms. The second kappa shape index (κ2) is 8.47. The lowest BCUT2D eigenvalue weighted by atomic mass is 10.1. The zero-order valence-electron chi connectivity index (χ0n) is 17.4. The molecule has 0 aliphatic heterocycles. The van der Waals surface area contributed by atoms with Crippen LogP contribution in [0.5, 0.6) is 0 Å². The Kier molecular flexibility index (Phi) is 5.90. The van der Waals surface area contributed by atoms with Crippen LogP contribution >= 0.6 is 22.6 Å². The maximum absolute atomic E-state index is 12.7. The zero-order chi connectivity index (χ0) is 22.2. The first-order chi connectivity index (χ1) is 14.8. The maximum Gasteiger partial charge on any atom is 0.276 e. The van der Waals surface area contributed by atoms with E-state index in [2.05, 4.69) is 62.2 Å². The first-order valence-corrected chi connectivity index (χ1v) is 12.3. The molecule has 0 saturated heterocycles. The highest BCUT2D eigenvalue weighted by Gasteiger charge is 2.14. The molecule has 0 bridgehead atoms. The van der Waals surface area contributed by atoms with E-state index >= 15 is 0 Å². The van der Waals surface area contributed by atoms with Crippen molar-refractivity contribution in [3.05, 3.63) is 92.8 Å². The van der Waals surface area contributed by atoms with Gasteiger partial charge in [0.05, 0.1) is 11.1 Å².